The van der Waals surface area contributed by atoms with Crippen LogP contribution in [0.25, 0.3) is 0 Å². The summed E-state index contributed by atoms with van der Waals surface area (Å²) in [5.74, 6) is -0.535. The van der Waals surface area contributed by atoms with Crippen molar-refractivity contribution in [3.8, 4) is 0 Å². The van der Waals surface area contributed by atoms with Gasteiger partial charge in [-0.1, -0.05) is 0 Å². The van der Waals surface area contributed by atoms with Gasteiger partial charge < -0.3 is 4.74 Å². The second-order valence-electron chi connectivity index (χ2n) is 3.21. The summed E-state index contributed by atoms with van der Waals surface area (Å²) < 4.78 is 39.8. The Hall–Kier alpha value is -1.12. The molecule has 0 radical (unpaired) electrons. The molecule has 0 bridgehead atoms. The highest BCUT2D eigenvalue weighted by Crippen LogP contribution is 2.20. The zero-order valence-electron chi connectivity index (χ0n) is 8.79. The van der Waals surface area contributed by atoms with E-state index in [1.54, 1.807) is 0 Å². The minimum absolute atomic E-state index is 0.0745. The van der Waals surface area contributed by atoms with Crippen molar-refractivity contribution < 1.29 is 17.5 Å². The van der Waals surface area contributed by atoms with Crippen LogP contribution in [-0.2, 0) is 14.8 Å². The fourth-order valence-electron chi connectivity index (χ4n) is 1.15. The third-order valence-corrected chi connectivity index (χ3v) is 3.38. The molecule has 2 N–H and O–H groups in total. The Labute approximate surface area is 92.7 Å². The van der Waals surface area contributed by atoms with Crippen molar-refractivity contribution in [3.63, 3.8) is 0 Å². The highest BCUT2D eigenvalue weighted by atomic mass is 32.2. The first kappa shape index (κ1) is 12.9. The van der Waals surface area contributed by atoms with Crippen molar-refractivity contribution in [2.75, 3.05) is 7.11 Å². The zero-order chi connectivity index (χ0) is 12.3. The Kier molecular flexibility index (Phi) is 3.89. The number of hydrogen-bond donors (Lipinski definition) is 1. The summed E-state index contributed by atoms with van der Waals surface area (Å²) in [5, 5.41) is 3.97. The molecule has 0 aromatic carbocycles. The molecular formula is C8H12FN3O3S. The fourth-order valence-corrected chi connectivity index (χ4v) is 1.73. The van der Waals surface area contributed by atoms with Crippen LogP contribution >= 0.6 is 0 Å². The standard InChI is InChI=1S/C8H12FN3O3S/c1-5(16(10,13)14)7(15-2)8-11-3-6(9)4-12-8/h3-5,7H,1-2H3,(H2,10,13,14)/t5-,7-/m0/s1. The van der Waals surface area contributed by atoms with E-state index in [1.807, 2.05) is 0 Å². The smallest absolute Gasteiger partial charge is 0.214 e. The highest BCUT2D eigenvalue weighted by molar-refractivity contribution is 7.89. The highest BCUT2D eigenvalue weighted by Gasteiger charge is 2.30. The van der Waals surface area contributed by atoms with Crippen molar-refractivity contribution in [1.82, 2.24) is 9.97 Å². The fraction of sp³-hybridized carbons (Fsp3) is 0.500. The Morgan fingerprint density at radius 3 is 2.31 bits per heavy atom. The first-order valence-electron chi connectivity index (χ1n) is 4.38. The Morgan fingerprint density at radius 1 is 1.44 bits per heavy atom. The maximum absolute atomic E-state index is 12.6. The predicted octanol–water partition coefficient (Wildman–Crippen LogP) is -0.0198. The van der Waals surface area contributed by atoms with Gasteiger partial charge in [-0.15, -0.1) is 0 Å². The summed E-state index contributed by atoms with van der Waals surface area (Å²) in [6.07, 6.45) is 0.949. The van der Waals surface area contributed by atoms with Gasteiger partial charge in [-0.25, -0.2) is 27.9 Å². The monoisotopic (exact) mass is 249 g/mol. The summed E-state index contributed by atoms with van der Waals surface area (Å²) in [6, 6.07) is 0. The van der Waals surface area contributed by atoms with E-state index < -0.39 is 27.2 Å². The lowest BCUT2D eigenvalue weighted by Gasteiger charge is -2.19. The molecular weight excluding hydrogens is 237 g/mol. The van der Waals surface area contributed by atoms with Crippen LogP contribution in [-0.4, -0.2) is 30.7 Å². The van der Waals surface area contributed by atoms with Gasteiger partial charge in [0.15, 0.2) is 11.6 Å². The van der Waals surface area contributed by atoms with Gasteiger partial charge in [-0.2, -0.15) is 0 Å². The molecule has 16 heavy (non-hydrogen) atoms. The van der Waals surface area contributed by atoms with Crippen LogP contribution in [0.2, 0.25) is 0 Å². The first-order valence-corrected chi connectivity index (χ1v) is 5.99. The van der Waals surface area contributed by atoms with Crippen LogP contribution < -0.4 is 5.14 Å². The van der Waals surface area contributed by atoms with Gasteiger partial charge in [0.25, 0.3) is 0 Å². The van der Waals surface area contributed by atoms with Crippen LogP contribution in [0.1, 0.15) is 18.9 Å². The van der Waals surface area contributed by atoms with E-state index in [0.29, 0.717) is 0 Å². The van der Waals surface area contributed by atoms with E-state index in [9.17, 15) is 12.8 Å². The topological polar surface area (TPSA) is 95.2 Å². The lowest BCUT2D eigenvalue weighted by Crippen LogP contribution is -2.33. The number of methoxy groups -OCH3 is 1. The van der Waals surface area contributed by atoms with Gasteiger partial charge in [0.05, 0.1) is 12.4 Å². The van der Waals surface area contributed by atoms with Gasteiger partial charge in [-0.05, 0) is 6.92 Å². The summed E-state index contributed by atoms with van der Waals surface area (Å²) in [7, 11) is -2.47. The molecule has 0 saturated heterocycles. The second kappa shape index (κ2) is 4.81. The van der Waals surface area contributed by atoms with Crippen LogP contribution in [0.5, 0.6) is 0 Å². The van der Waals surface area contributed by atoms with Gasteiger partial charge in [0.1, 0.15) is 11.4 Å². The van der Waals surface area contributed by atoms with E-state index in [0.717, 1.165) is 12.4 Å². The summed E-state index contributed by atoms with van der Waals surface area (Å²) in [6.45, 7) is 1.37. The number of nitrogens with two attached hydrogens (primary N) is 1. The molecule has 90 valence electrons. The Balaban J connectivity index is 3.03. The number of sulfonamides is 1. The lowest BCUT2D eigenvalue weighted by molar-refractivity contribution is 0.0946. The number of primary sulfonamides is 1. The molecule has 0 saturated carbocycles. The SMILES string of the molecule is CO[C@H](c1ncc(F)cn1)[C@H](C)S(N)(=O)=O. The Morgan fingerprint density at radius 2 is 1.94 bits per heavy atom. The second-order valence-corrected chi connectivity index (χ2v) is 5.13. The predicted molar refractivity (Wildman–Crippen MR) is 54.3 cm³/mol. The molecule has 0 amide bonds. The third kappa shape index (κ3) is 2.94. The van der Waals surface area contributed by atoms with Crippen molar-refractivity contribution in [3.05, 3.63) is 24.0 Å². The van der Waals surface area contributed by atoms with Crippen LogP contribution in [0, 0.1) is 5.82 Å². The third-order valence-electron chi connectivity index (χ3n) is 2.09. The molecule has 8 heteroatoms. The minimum Gasteiger partial charge on any atom is -0.372 e. The van der Waals surface area contributed by atoms with Crippen molar-refractivity contribution in [1.29, 1.82) is 0 Å². The van der Waals surface area contributed by atoms with Crippen molar-refractivity contribution in [2.45, 2.75) is 18.3 Å². The number of ether oxygens (including phenoxy) is 1. The van der Waals surface area contributed by atoms with E-state index in [2.05, 4.69) is 9.97 Å². The van der Waals surface area contributed by atoms with Crippen molar-refractivity contribution in [2.24, 2.45) is 5.14 Å². The number of aromatic nitrogens is 2. The van der Waals surface area contributed by atoms with E-state index >= 15 is 0 Å². The lowest BCUT2D eigenvalue weighted by atomic mass is 10.2. The molecule has 6 nitrogen and oxygen atoms in total. The van der Waals surface area contributed by atoms with Gasteiger partial charge in [0, 0.05) is 7.11 Å². The van der Waals surface area contributed by atoms with Crippen LogP contribution in [0.4, 0.5) is 4.39 Å². The summed E-state index contributed by atoms with van der Waals surface area (Å²) in [4.78, 5) is 7.31. The molecule has 1 heterocycles. The first-order chi connectivity index (χ1) is 7.36. The zero-order valence-corrected chi connectivity index (χ0v) is 9.61. The average molecular weight is 249 g/mol. The average Bonchev–Trinajstić information content (AvgIpc) is 2.20. The number of halogens is 1. The van der Waals surface area contributed by atoms with Gasteiger partial charge >= 0.3 is 0 Å². The van der Waals surface area contributed by atoms with Crippen LogP contribution in [0.3, 0.4) is 0 Å². The Bertz CT molecular complexity index is 448. The minimum atomic E-state index is -3.77. The molecule has 1 aromatic rings. The largest absolute Gasteiger partial charge is 0.372 e. The van der Waals surface area contributed by atoms with Crippen LogP contribution in [0.15, 0.2) is 12.4 Å². The normalized spacial score (nSPS) is 15.8. The maximum atomic E-state index is 12.6. The number of nitrogens with zero attached hydrogens (tertiary/aromatic N) is 2. The molecule has 0 aliphatic carbocycles. The molecule has 0 unspecified atom stereocenters. The molecule has 0 aliphatic rings. The molecule has 0 aliphatic heterocycles. The quantitative estimate of drug-likeness (QED) is 0.809. The van der Waals surface area contributed by atoms with Gasteiger partial charge in [-0.3, -0.25) is 0 Å². The van der Waals surface area contributed by atoms with E-state index in [4.69, 9.17) is 9.88 Å². The summed E-state index contributed by atoms with van der Waals surface area (Å²) in [5.41, 5.74) is 0. The summed E-state index contributed by atoms with van der Waals surface area (Å²) >= 11 is 0. The maximum Gasteiger partial charge on any atom is 0.214 e. The molecule has 2 atom stereocenters. The van der Waals surface area contributed by atoms with E-state index in [1.165, 1.54) is 14.0 Å². The number of rotatable bonds is 4. The molecule has 1 aromatic heterocycles. The van der Waals surface area contributed by atoms with E-state index in [-0.39, 0.29) is 5.82 Å². The molecule has 0 fully saturated rings. The van der Waals surface area contributed by atoms with Gasteiger partial charge in [0.2, 0.25) is 10.0 Å². The van der Waals surface area contributed by atoms with Crippen molar-refractivity contribution >= 4 is 10.0 Å². The molecule has 0 spiro atoms. The molecule has 1 rings (SSSR count). The number of hydrogen-bond acceptors (Lipinski definition) is 5.